The second kappa shape index (κ2) is 7.94. The molecule has 2 heterocycles. The number of nitrogens with zero attached hydrogens (tertiary/aromatic N) is 2. The molecule has 1 aromatic heterocycles. The van der Waals surface area contributed by atoms with Crippen LogP contribution >= 0.6 is 0 Å². The Bertz CT molecular complexity index is 847. The van der Waals surface area contributed by atoms with Crippen molar-refractivity contribution < 1.29 is 14.0 Å². The maximum Gasteiger partial charge on any atom is 0.340 e. The minimum Gasteiger partial charge on any atom is -0.355 e. The highest BCUT2D eigenvalue weighted by Crippen LogP contribution is 2.21. The first-order valence-corrected chi connectivity index (χ1v) is 8.45. The summed E-state index contributed by atoms with van der Waals surface area (Å²) in [6, 6.07) is 6.31. The van der Waals surface area contributed by atoms with E-state index in [1.165, 1.54) is 11.0 Å². The van der Waals surface area contributed by atoms with E-state index >= 15 is 0 Å². The van der Waals surface area contributed by atoms with Gasteiger partial charge < -0.3 is 10.2 Å². The summed E-state index contributed by atoms with van der Waals surface area (Å²) in [5, 5.41) is 8.82. The molecule has 1 aromatic carbocycles. The average Bonchev–Trinajstić information content (AvgIpc) is 3.04. The first-order chi connectivity index (χ1) is 12.5. The maximum absolute atomic E-state index is 13.8. The molecular formula is C17H20FN5O3. The van der Waals surface area contributed by atoms with Crippen LogP contribution in [0.15, 0.2) is 29.1 Å². The Balaban J connectivity index is 1.53. The number of benzene rings is 1. The van der Waals surface area contributed by atoms with Gasteiger partial charge in [-0.05, 0) is 12.5 Å². The number of hydrogen-bond acceptors (Lipinski definition) is 4. The molecule has 8 nitrogen and oxygen atoms in total. The van der Waals surface area contributed by atoms with Gasteiger partial charge in [-0.1, -0.05) is 18.2 Å². The average molecular weight is 361 g/mol. The highest BCUT2D eigenvalue weighted by molar-refractivity contribution is 5.83. The molecular weight excluding hydrogens is 341 g/mol. The van der Waals surface area contributed by atoms with E-state index in [2.05, 4.69) is 20.5 Å². The summed E-state index contributed by atoms with van der Waals surface area (Å²) in [7, 11) is 0. The third-order valence-corrected chi connectivity index (χ3v) is 4.40. The fourth-order valence-electron chi connectivity index (χ4n) is 2.99. The summed E-state index contributed by atoms with van der Waals surface area (Å²) < 4.78 is 13.8. The Labute approximate surface area is 148 Å². The van der Waals surface area contributed by atoms with Crippen molar-refractivity contribution in [3.8, 4) is 0 Å². The molecule has 1 saturated heterocycles. The fraction of sp³-hybridized carbons (Fsp3) is 0.412. The molecule has 0 aliphatic carbocycles. The maximum atomic E-state index is 13.8. The predicted molar refractivity (Wildman–Crippen MR) is 90.5 cm³/mol. The highest BCUT2D eigenvalue weighted by Gasteiger charge is 2.30. The number of likely N-dealkylation sites (tertiary alicyclic amines) is 1. The van der Waals surface area contributed by atoms with Gasteiger partial charge in [0.2, 0.25) is 11.8 Å². The largest absolute Gasteiger partial charge is 0.355 e. The Kier molecular flexibility index (Phi) is 5.45. The summed E-state index contributed by atoms with van der Waals surface area (Å²) in [5.41, 5.74) is 0.0466. The van der Waals surface area contributed by atoms with Crippen LogP contribution in [0.2, 0.25) is 0 Å². The van der Waals surface area contributed by atoms with Crippen LogP contribution in [0.3, 0.4) is 0 Å². The first kappa shape index (κ1) is 17.8. The number of nitrogens with one attached hydrogen (secondary N) is 3. The molecule has 2 aromatic rings. The topological polar surface area (TPSA) is 111 Å². The zero-order valence-electron chi connectivity index (χ0n) is 14.1. The number of aromatic amines is 2. The molecule has 9 heteroatoms. The lowest BCUT2D eigenvalue weighted by Crippen LogP contribution is -2.45. The number of H-pyrrole nitrogens is 2. The Hall–Kier alpha value is -2.97. The first-order valence-electron chi connectivity index (χ1n) is 8.45. The Morgan fingerprint density at radius 3 is 2.88 bits per heavy atom. The number of piperidine rings is 1. The molecule has 1 fully saturated rings. The van der Waals surface area contributed by atoms with Gasteiger partial charge in [0.25, 0.3) is 0 Å². The molecule has 26 heavy (non-hydrogen) atoms. The number of rotatable bonds is 6. The molecule has 3 rings (SSSR count). The lowest BCUT2D eigenvalue weighted by Gasteiger charge is -2.32. The van der Waals surface area contributed by atoms with E-state index in [0.29, 0.717) is 30.8 Å². The van der Waals surface area contributed by atoms with Crippen molar-refractivity contribution in [1.29, 1.82) is 0 Å². The second-order valence-electron chi connectivity index (χ2n) is 6.27. The van der Waals surface area contributed by atoms with Crippen molar-refractivity contribution >= 4 is 11.8 Å². The van der Waals surface area contributed by atoms with Gasteiger partial charge in [0.05, 0.1) is 5.92 Å². The van der Waals surface area contributed by atoms with E-state index < -0.39 is 0 Å². The molecule has 1 atom stereocenters. The third-order valence-electron chi connectivity index (χ3n) is 4.40. The molecule has 3 N–H and O–H groups in total. The minimum absolute atomic E-state index is 0.0774. The van der Waals surface area contributed by atoms with Crippen LogP contribution < -0.4 is 11.0 Å². The summed E-state index contributed by atoms with van der Waals surface area (Å²) >= 11 is 0. The molecule has 0 unspecified atom stereocenters. The van der Waals surface area contributed by atoms with E-state index in [9.17, 15) is 18.8 Å². The van der Waals surface area contributed by atoms with Crippen LogP contribution in [0.25, 0.3) is 0 Å². The quantitative estimate of drug-likeness (QED) is 0.689. The van der Waals surface area contributed by atoms with E-state index in [0.717, 1.165) is 0 Å². The van der Waals surface area contributed by atoms with Gasteiger partial charge in [-0.3, -0.25) is 14.6 Å². The lowest BCUT2D eigenvalue weighted by atomic mass is 9.96. The molecule has 0 spiro atoms. The van der Waals surface area contributed by atoms with E-state index in [1.807, 2.05) is 0 Å². The van der Waals surface area contributed by atoms with Crippen molar-refractivity contribution in [2.24, 2.45) is 5.92 Å². The predicted octanol–water partition coefficient (Wildman–Crippen LogP) is 0.335. The smallest absolute Gasteiger partial charge is 0.340 e. The Morgan fingerprint density at radius 2 is 2.15 bits per heavy atom. The highest BCUT2D eigenvalue weighted by atomic mass is 19.1. The number of carbonyl (C=O) groups excluding carboxylic acids is 2. The van der Waals surface area contributed by atoms with Gasteiger partial charge in [0.15, 0.2) is 0 Å². The SMILES string of the molecule is O=C(NCCc1n[nH]c(=O)[nH]1)[C@H]1CCC(=O)N(Cc2ccccc2F)C1. The third kappa shape index (κ3) is 4.35. The van der Waals surface area contributed by atoms with Crippen LogP contribution in [0.1, 0.15) is 24.2 Å². The summed E-state index contributed by atoms with van der Waals surface area (Å²) in [6.07, 6.45) is 1.13. The van der Waals surface area contributed by atoms with E-state index in [-0.39, 0.29) is 48.7 Å². The van der Waals surface area contributed by atoms with Crippen LogP contribution in [0.5, 0.6) is 0 Å². The summed E-state index contributed by atoms with van der Waals surface area (Å²) in [5.74, 6) is -0.465. The molecule has 138 valence electrons. The van der Waals surface area contributed by atoms with Crippen molar-refractivity contribution in [1.82, 2.24) is 25.4 Å². The monoisotopic (exact) mass is 361 g/mol. The van der Waals surface area contributed by atoms with Crippen LogP contribution in [-0.4, -0.2) is 45.0 Å². The Morgan fingerprint density at radius 1 is 1.35 bits per heavy atom. The molecule has 1 aliphatic rings. The number of aromatic nitrogens is 3. The zero-order valence-corrected chi connectivity index (χ0v) is 14.1. The van der Waals surface area contributed by atoms with Gasteiger partial charge in [-0.15, -0.1) is 0 Å². The summed E-state index contributed by atoms with van der Waals surface area (Å²) in [4.78, 5) is 39.4. The van der Waals surface area contributed by atoms with Gasteiger partial charge in [0.1, 0.15) is 11.6 Å². The standard InChI is InChI=1S/C17H20FN5O3/c18-13-4-2-1-3-11(13)9-23-10-12(5-6-15(23)24)16(25)19-8-7-14-20-17(26)22-21-14/h1-4,12H,5-10H2,(H,19,25)(H2,20,21,22,26)/t12-/m0/s1. The number of hydrogen-bond donors (Lipinski definition) is 3. The summed E-state index contributed by atoms with van der Waals surface area (Å²) in [6.45, 7) is 0.749. The van der Waals surface area contributed by atoms with Crippen molar-refractivity contribution in [2.45, 2.75) is 25.8 Å². The van der Waals surface area contributed by atoms with Crippen LogP contribution in [0, 0.1) is 11.7 Å². The van der Waals surface area contributed by atoms with Crippen molar-refractivity contribution in [3.05, 3.63) is 52.0 Å². The zero-order chi connectivity index (χ0) is 18.5. The van der Waals surface area contributed by atoms with Crippen molar-refractivity contribution in [3.63, 3.8) is 0 Å². The van der Waals surface area contributed by atoms with Gasteiger partial charge in [0, 0.05) is 38.0 Å². The van der Waals surface area contributed by atoms with Gasteiger partial charge >= 0.3 is 5.69 Å². The van der Waals surface area contributed by atoms with Crippen LogP contribution in [-0.2, 0) is 22.6 Å². The second-order valence-corrected chi connectivity index (χ2v) is 6.27. The molecule has 0 bridgehead atoms. The number of carbonyl (C=O) groups is 2. The van der Waals surface area contributed by atoms with Gasteiger partial charge in [-0.25, -0.2) is 14.3 Å². The number of amides is 2. The van der Waals surface area contributed by atoms with Crippen LogP contribution in [0.4, 0.5) is 4.39 Å². The molecule has 0 radical (unpaired) electrons. The normalized spacial score (nSPS) is 17.3. The van der Waals surface area contributed by atoms with Gasteiger partial charge in [-0.2, -0.15) is 5.10 Å². The molecule has 1 aliphatic heterocycles. The fourth-order valence-corrected chi connectivity index (χ4v) is 2.99. The van der Waals surface area contributed by atoms with Crippen molar-refractivity contribution in [2.75, 3.05) is 13.1 Å². The lowest BCUT2D eigenvalue weighted by molar-refractivity contribution is -0.138. The number of halogens is 1. The molecule has 2 amide bonds. The van der Waals surface area contributed by atoms with E-state index in [4.69, 9.17) is 0 Å². The minimum atomic E-state index is -0.388. The molecule has 0 saturated carbocycles. The van der Waals surface area contributed by atoms with E-state index in [1.54, 1.807) is 18.2 Å².